The molecule has 0 bridgehead atoms. The fraction of sp³-hybridized carbons (Fsp3) is 0.273. The van der Waals surface area contributed by atoms with Crippen molar-refractivity contribution in [1.82, 2.24) is 0 Å². The van der Waals surface area contributed by atoms with Crippen LogP contribution < -0.4 is 0 Å². The molecule has 2 rings (SSSR count). The fourth-order valence-corrected chi connectivity index (χ4v) is 1.92. The van der Waals surface area contributed by atoms with E-state index in [0.717, 1.165) is 22.7 Å². The van der Waals surface area contributed by atoms with Gasteiger partial charge >= 0.3 is 0 Å². The monoisotopic (exact) mass is 208 g/mol. The highest BCUT2D eigenvalue weighted by molar-refractivity contribution is 7.98. The normalized spacial score (nSPS) is 10.9. The summed E-state index contributed by atoms with van der Waals surface area (Å²) in [7, 11) is 0. The van der Waals surface area contributed by atoms with Crippen LogP contribution in [0, 0.1) is 0 Å². The third kappa shape index (κ3) is 1.73. The lowest BCUT2D eigenvalue weighted by molar-refractivity contribution is 0.461. The Morgan fingerprint density at radius 2 is 2.29 bits per heavy atom. The number of hydrogen-bond donors (Lipinski definition) is 1. The fourth-order valence-electron chi connectivity index (χ4n) is 1.37. The van der Waals surface area contributed by atoms with E-state index in [0.29, 0.717) is 5.58 Å². The van der Waals surface area contributed by atoms with E-state index in [9.17, 15) is 5.11 Å². The molecule has 1 aromatic heterocycles. The smallest absolute Gasteiger partial charge is 0.175 e. The first kappa shape index (κ1) is 9.46. The summed E-state index contributed by atoms with van der Waals surface area (Å²) >= 11 is 1.81. The number of para-hydroxylation sites is 1. The Balaban J connectivity index is 2.36. The van der Waals surface area contributed by atoms with E-state index in [1.165, 1.54) is 0 Å². The first-order valence-corrected chi connectivity index (χ1v) is 5.75. The average Bonchev–Trinajstić information content (AvgIpc) is 2.59. The summed E-state index contributed by atoms with van der Waals surface area (Å²) in [6.45, 7) is 2.12. The molecule has 0 aliphatic heterocycles. The zero-order valence-electron chi connectivity index (χ0n) is 7.99. The van der Waals surface area contributed by atoms with Gasteiger partial charge in [0.2, 0.25) is 0 Å². The predicted molar refractivity (Wildman–Crippen MR) is 59.7 cm³/mol. The number of phenolic OH excluding ortho intramolecular Hbond substituents is 1. The SMILES string of the molecule is CCSCc1cc2cccc(O)c2o1. The lowest BCUT2D eigenvalue weighted by atomic mass is 10.2. The van der Waals surface area contributed by atoms with E-state index in [1.807, 2.05) is 18.2 Å². The maximum absolute atomic E-state index is 9.51. The van der Waals surface area contributed by atoms with E-state index < -0.39 is 0 Å². The van der Waals surface area contributed by atoms with Crippen molar-refractivity contribution in [1.29, 1.82) is 0 Å². The molecule has 1 N–H and O–H groups in total. The molecule has 0 spiro atoms. The molecule has 74 valence electrons. The van der Waals surface area contributed by atoms with Crippen molar-refractivity contribution in [2.24, 2.45) is 0 Å². The lowest BCUT2D eigenvalue weighted by Gasteiger charge is -1.92. The van der Waals surface area contributed by atoms with Gasteiger partial charge in [0, 0.05) is 5.39 Å². The largest absolute Gasteiger partial charge is 0.504 e. The van der Waals surface area contributed by atoms with Crippen molar-refractivity contribution < 1.29 is 9.52 Å². The number of thioether (sulfide) groups is 1. The standard InChI is InChI=1S/C11H12O2S/c1-2-14-7-9-6-8-4-3-5-10(12)11(8)13-9/h3-6,12H,2,7H2,1H3. The maximum Gasteiger partial charge on any atom is 0.175 e. The molecule has 14 heavy (non-hydrogen) atoms. The molecule has 0 aliphatic rings. The second-order valence-corrected chi connectivity index (χ2v) is 4.32. The van der Waals surface area contributed by atoms with Gasteiger partial charge in [0.15, 0.2) is 11.3 Å². The van der Waals surface area contributed by atoms with Crippen LogP contribution in [-0.2, 0) is 5.75 Å². The Hall–Kier alpha value is -1.09. The van der Waals surface area contributed by atoms with Crippen molar-refractivity contribution in [3.8, 4) is 5.75 Å². The molecular formula is C11H12O2S. The van der Waals surface area contributed by atoms with E-state index in [4.69, 9.17) is 4.42 Å². The Morgan fingerprint density at radius 1 is 1.43 bits per heavy atom. The summed E-state index contributed by atoms with van der Waals surface area (Å²) in [5.74, 6) is 3.08. The molecule has 1 heterocycles. The summed E-state index contributed by atoms with van der Waals surface area (Å²) in [6, 6.07) is 7.39. The average molecular weight is 208 g/mol. The molecule has 3 heteroatoms. The summed E-state index contributed by atoms with van der Waals surface area (Å²) in [6.07, 6.45) is 0. The summed E-state index contributed by atoms with van der Waals surface area (Å²) in [5.41, 5.74) is 0.596. The molecular weight excluding hydrogens is 196 g/mol. The molecule has 0 radical (unpaired) electrons. The van der Waals surface area contributed by atoms with Gasteiger partial charge in [-0.25, -0.2) is 0 Å². The van der Waals surface area contributed by atoms with Crippen LogP contribution in [0.2, 0.25) is 0 Å². The first-order chi connectivity index (χ1) is 6.81. The van der Waals surface area contributed by atoms with Crippen LogP contribution in [0.25, 0.3) is 11.0 Å². The first-order valence-electron chi connectivity index (χ1n) is 4.59. The zero-order valence-corrected chi connectivity index (χ0v) is 8.80. The summed E-state index contributed by atoms with van der Waals surface area (Å²) in [4.78, 5) is 0. The number of furan rings is 1. The van der Waals surface area contributed by atoms with Crippen LogP contribution in [0.1, 0.15) is 12.7 Å². The summed E-state index contributed by atoms with van der Waals surface area (Å²) < 4.78 is 5.53. The number of aromatic hydroxyl groups is 1. The minimum Gasteiger partial charge on any atom is -0.504 e. The number of phenols is 1. The Bertz CT molecular complexity index is 434. The second kappa shape index (κ2) is 3.96. The van der Waals surface area contributed by atoms with Crippen LogP contribution in [0.15, 0.2) is 28.7 Å². The van der Waals surface area contributed by atoms with Crippen LogP contribution in [0.4, 0.5) is 0 Å². The maximum atomic E-state index is 9.51. The van der Waals surface area contributed by atoms with Gasteiger partial charge in [-0.1, -0.05) is 19.1 Å². The van der Waals surface area contributed by atoms with Crippen molar-refractivity contribution in [3.05, 3.63) is 30.0 Å². The van der Waals surface area contributed by atoms with Gasteiger partial charge in [-0.2, -0.15) is 11.8 Å². The topological polar surface area (TPSA) is 33.4 Å². The molecule has 1 aromatic carbocycles. The van der Waals surface area contributed by atoms with Crippen molar-refractivity contribution in [2.45, 2.75) is 12.7 Å². The minimum absolute atomic E-state index is 0.218. The molecule has 0 unspecified atom stereocenters. The molecule has 0 saturated heterocycles. The number of hydrogen-bond acceptors (Lipinski definition) is 3. The van der Waals surface area contributed by atoms with E-state index in [1.54, 1.807) is 17.8 Å². The van der Waals surface area contributed by atoms with Crippen LogP contribution >= 0.6 is 11.8 Å². The highest BCUT2D eigenvalue weighted by Crippen LogP contribution is 2.28. The van der Waals surface area contributed by atoms with Crippen molar-refractivity contribution >= 4 is 22.7 Å². The highest BCUT2D eigenvalue weighted by atomic mass is 32.2. The van der Waals surface area contributed by atoms with E-state index in [-0.39, 0.29) is 5.75 Å². The number of rotatable bonds is 3. The molecule has 0 saturated carbocycles. The molecule has 2 nitrogen and oxygen atoms in total. The van der Waals surface area contributed by atoms with E-state index in [2.05, 4.69) is 6.92 Å². The molecule has 0 fully saturated rings. The lowest BCUT2D eigenvalue weighted by Crippen LogP contribution is -1.73. The van der Waals surface area contributed by atoms with Gasteiger partial charge < -0.3 is 9.52 Å². The van der Waals surface area contributed by atoms with Gasteiger partial charge in [-0.3, -0.25) is 0 Å². The highest BCUT2D eigenvalue weighted by Gasteiger charge is 2.06. The van der Waals surface area contributed by atoms with Gasteiger partial charge in [-0.05, 0) is 17.9 Å². The third-order valence-electron chi connectivity index (χ3n) is 2.02. The van der Waals surface area contributed by atoms with Crippen LogP contribution in [0.3, 0.4) is 0 Å². The Kier molecular flexibility index (Phi) is 2.68. The quantitative estimate of drug-likeness (QED) is 0.839. The van der Waals surface area contributed by atoms with Gasteiger partial charge in [-0.15, -0.1) is 0 Å². The molecule has 2 aromatic rings. The molecule has 0 amide bonds. The van der Waals surface area contributed by atoms with Gasteiger partial charge in [0.1, 0.15) is 5.76 Å². The summed E-state index contributed by atoms with van der Waals surface area (Å²) in [5, 5.41) is 10.5. The van der Waals surface area contributed by atoms with Crippen LogP contribution in [0.5, 0.6) is 5.75 Å². The van der Waals surface area contributed by atoms with Gasteiger partial charge in [0.05, 0.1) is 5.75 Å². The second-order valence-electron chi connectivity index (χ2n) is 3.05. The van der Waals surface area contributed by atoms with Crippen LogP contribution in [-0.4, -0.2) is 10.9 Å². The molecule has 0 atom stereocenters. The van der Waals surface area contributed by atoms with Gasteiger partial charge in [0.25, 0.3) is 0 Å². The van der Waals surface area contributed by atoms with E-state index >= 15 is 0 Å². The number of fused-ring (bicyclic) bond motifs is 1. The third-order valence-corrected chi connectivity index (χ3v) is 2.92. The Labute approximate surface area is 86.9 Å². The van der Waals surface area contributed by atoms with Crippen molar-refractivity contribution in [3.63, 3.8) is 0 Å². The predicted octanol–water partition coefficient (Wildman–Crippen LogP) is 3.39. The Morgan fingerprint density at radius 3 is 3.00 bits per heavy atom. The zero-order chi connectivity index (χ0) is 9.97. The van der Waals surface area contributed by atoms with Crippen molar-refractivity contribution in [2.75, 3.05) is 5.75 Å². The molecule has 0 aliphatic carbocycles. The number of benzene rings is 1. The minimum atomic E-state index is 0.218.